The van der Waals surface area contributed by atoms with Gasteiger partial charge in [0.25, 0.3) is 0 Å². The van der Waals surface area contributed by atoms with E-state index in [9.17, 15) is 0 Å². The van der Waals surface area contributed by atoms with E-state index in [1.54, 1.807) is 13.3 Å². The highest BCUT2D eigenvalue weighted by Crippen LogP contribution is 1.98. The van der Waals surface area contributed by atoms with E-state index in [-0.39, 0.29) is 0 Å². The first kappa shape index (κ1) is 9.88. The van der Waals surface area contributed by atoms with Gasteiger partial charge in [-0.2, -0.15) is 0 Å². The highest BCUT2D eigenvalue weighted by atomic mass is 16.5. The first-order valence-electron chi connectivity index (χ1n) is 3.66. The third-order valence-corrected chi connectivity index (χ3v) is 0.955. The van der Waals surface area contributed by atoms with E-state index in [4.69, 9.17) is 4.74 Å². The van der Waals surface area contributed by atoms with Gasteiger partial charge in [-0.1, -0.05) is 13.8 Å². The van der Waals surface area contributed by atoms with Crippen LogP contribution in [0.5, 0.6) is 6.01 Å². The topological polar surface area (TPSA) is 35.0 Å². The van der Waals surface area contributed by atoms with Crippen molar-refractivity contribution in [2.45, 2.75) is 20.8 Å². The average Bonchev–Trinajstić information content (AvgIpc) is 2.08. The zero-order valence-corrected chi connectivity index (χ0v) is 7.46. The molecule has 0 saturated heterocycles. The highest BCUT2D eigenvalue weighted by molar-refractivity contribution is 5.02. The molecule has 0 bridgehead atoms. The van der Waals surface area contributed by atoms with Gasteiger partial charge in [0.05, 0.1) is 7.11 Å². The summed E-state index contributed by atoms with van der Waals surface area (Å²) < 4.78 is 4.77. The van der Waals surface area contributed by atoms with Crippen molar-refractivity contribution < 1.29 is 4.74 Å². The molecule has 1 rings (SSSR count). The molecule has 1 heterocycles. The number of hydrogen-bond donors (Lipinski definition) is 0. The largest absolute Gasteiger partial charge is 0.467 e. The molecule has 0 aliphatic carbocycles. The zero-order valence-electron chi connectivity index (χ0n) is 7.46. The van der Waals surface area contributed by atoms with Crippen LogP contribution >= 0.6 is 0 Å². The summed E-state index contributed by atoms with van der Waals surface area (Å²) in [5.74, 6) is 0. The highest BCUT2D eigenvalue weighted by Gasteiger charge is 1.90. The molecule has 11 heavy (non-hydrogen) atoms. The minimum atomic E-state index is 0.426. The van der Waals surface area contributed by atoms with Crippen LogP contribution < -0.4 is 4.74 Å². The third-order valence-electron chi connectivity index (χ3n) is 0.955. The van der Waals surface area contributed by atoms with E-state index in [2.05, 4.69) is 9.97 Å². The quantitative estimate of drug-likeness (QED) is 0.619. The molecule has 0 amide bonds. The molecule has 62 valence electrons. The fourth-order valence-corrected chi connectivity index (χ4v) is 0.524. The Balaban J connectivity index is 0.000000461. The van der Waals surface area contributed by atoms with Crippen LogP contribution in [0.3, 0.4) is 0 Å². The smallest absolute Gasteiger partial charge is 0.316 e. The number of ether oxygens (including phenoxy) is 1. The summed E-state index contributed by atoms with van der Waals surface area (Å²) in [4.78, 5) is 7.78. The summed E-state index contributed by atoms with van der Waals surface area (Å²) in [5, 5.41) is 0. The molecule has 0 saturated carbocycles. The Kier molecular flexibility index (Phi) is 5.07. The van der Waals surface area contributed by atoms with Crippen molar-refractivity contribution in [1.29, 1.82) is 0 Å². The Morgan fingerprint density at radius 1 is 1.36 bits per heavy atom. The van der Waals surface area contributed by atoms with Crippen molar-refractivity contribution in [3.8, 4) is 6.01 Å². The van der Waals surface area contributed by atoms with Gasteiger partial charge in [0.1, 0.15) is 0 Å². The lowest BCUT2D eigenvalue weighted by molar-refractivity contribution is 0.378. The van der Waals surface area contributed by atoms with Crippen LogP contribution in [0.15, 0.2) is 12.3 Å². The molecule has 1 aromatic rings. The number of aromatic nitrogens is 2. The average molecular weight is 154 g/mol. The van der Waals surface area contributed by atoms with Crippen LogP contribution in [0.2, 0.25) is 0 Å². The molecule has 0 spiro atoms. The van der Waals surface area contributed by atoms with Gasteiger partial charge in [-0.05, 0) is 13.0 Å². The lowest BCUT2D eigenvalue weighted by Gasteiger charge is -1.95. The summed E-state index contributed by atoms with van der Waals surface area (Å²) in [6.45, 7) is 5.89. The first-order valence-corrected chi connectivity index (χ1v) is 3.66. The molecule has 0 aliphatic heterocycles. The first-order chi connectivity index (χ1) is 5.33. The van der Waals surface area contributed by atoms with Gasteiger partial charge in [-0.15, -0.1) is 0 Å². The standard InChI is InChI=1S/C6H8N2O.C2H6/c1-5-3-4-7-6(8-5)9-2;1-2/h3-4H,1-2H3;1-2H3. The maximum absolute atomic E-state index is 4.77. The Labute approximate surface area is 67.4 Å². The molecular formula is C8H14N2O. The molecule has 0 aromatic carbocycles. The third kappa shape index (κ3) is 3.55. The Morgan fingerprint density at radius 3 is 2.36 bits per heavy atom. The summed E-state index contributed by atoms with van der Waals surface area (Å²) in [5.41, 5.74) is 0.918. The molecule has 0 unspecified atom stereocenters. The van der Waals surface area contributed by atoms with E-state index in [1.165, 1.54) is 0 Å². The van der Waals surface area contributed by atoms with Crippen molar-refractivity contribution in [2.75, 3.05) is 7.11 Å². The van der Waals surface area contributed by atoms with Crippen LogP contribution in [0.25, 0.3) is 0 Å². The second kappa shape index (κ2) is 5.65. The van der Waals surface area contributed by atoms with Crippen molar-refractivity contribution in [3.63, 3.8) is 0 Å². The molecule has 3 nitrogen and oxygen atoms in total. The molecule has 0 radical (unpaired) electrons. The Bertz CT molecular complexity index is 201. The lowest BCUT2D eigenvalue weighted by atomic mass is 10.5. The fraction of sp³-hybridized carbons (Fsp3) is 0.500. The predicted octanol–water partition coefficient (Wildman–Crippen LogP) is 1.82. The fourth-order valence-electron chi connectivity index (χ4n) is 0.524. The van der Waals surface area contributed by atoms with Gasteiger partial charge in [-0.25, -0.2) is 9.97 Å². The van der Waals surface area contributed by atoms with Gasteiger partial charge in [0.15, 0.2) is 0 Å². The van der Waals surface area contributed by atoms with E-state index in [1.807, 2.05) is 26.8 Å². The Morgan fingerprint density at radius 2 is 2.00 bits per heavy atom. The maximum Gasteiger partial charge on any atom is 0.316 e. The van der Waals surface area contributed by atoms with E-state index in [0.29, 0.717) is 6.01 Å². The minimum Gasteiger partial charge on any atom is -0.467 e. The van der Waals surface area contributed by atoms with Crippen LogP contribution in [0.4, 0.5) is 0 Å². The van der Waals surface area contributed by atoms with Crippen molar-refractivity contribution in [2.24, 2.45) is 0 Å². The van der Waals surface area contributed by atoms with Gasteiger partial charge in [-0.3, -0.25) is 0 Å². The molecule has 0 atom stereocenters. The van der Waals surface area contributed by atoms with E-state index >= 15 is 0 Å². The second-order valence-corrected chi connectivity index (χ2v) is 1.68. The summed E-state index contributed by atoms with van der Waals surface area (Å²) in [6.07, 6.45) is 1.67. The monoisotopic (exact) mass is 154 g/mol. The summed E-state index contributed by atoms with van der Waals surface area (Å²) in [7, 11) is 1.55. The van der Waals surface area contributed by atoms with E-state index < -0.39 is 0 Å². The van der Waals surface area contributed by atoms with Crippen LogP contribution in [-0.4, -0.2) is 17.1 Å². The molecular weight excluding hydrogens is 140 g/mol. The molecule has 3 heteroatoms. The molecule has 0 N–H and O–H groups in total. The normalized spacial score (nSPS) is 8.00. The van der Waals surface area contributed by atoms with Gasteiger partial charge >= 0.3 is 6.01 Å². The number of hydrogen-bond acceptors (Lipinski definition) is 3. The number of methoxy groups -OCH3 is 1. The number of nitrogens with zero attached hydrogens (tertiary/aromatic N) is 2. The zero-order chi connectivity index (χ0) is 8.69. The SMILES string of the molecule is CC.COc1nccc(C)n1. The minimum absolute atomic E-state index is 0.426. The predicted molar refractivity (Wildman–Crippen MR) is 44.7 cm³/mol. The van der Waals surface area contributed by atoms with Crippen LogP contribution in [0, 0.1) is 6.92 Å². The second-order valence-electron chi connectivity index (χ2n) is 1.68. The van der Waals surface area contributed by atoms with Crippen molar-refractivity contribution >= 4 is 0 Å². The maximum atomic E-state index is 4.77. The van der Waals surface area contributed by atoms with Gasteiger partial charge < -0.3 is 4.74 Å². The molecule has 0 aliphatic rings. The van der Waals surface area contributed by atoms with Crippen LogP contribution in [-0.2, 0) is 0 Å². The molecule has 1 aromatic heterocycles. The number of aryl methyl sites for hydroxylation is 1. The van der Waals surface area contributed by atoms with Crippen molar-refractivity contribution in [1.82, 2.24) is 9.97 Å². The van der Waals surface area contributed by atoms with E-state index in [0.717, 1.165) is 5.69 Å². The lowest BCUT2D eigenvalue weighted by Crippen LogP contribution is -1.91. The van der Waals surface area contributed by atoms with Crippen molar-refractivity contribution in [3.05, 3.63) is 18.0 Å². The van der Waals surface area contributed by atoms with Gasteiger partial charge in [0.2, 0.25) is 0 Å². The Hall–Kier alpha value is -1.12. The molecule has 0 fully saturated rings. The summed E-state index contributed by atoms with van der Waals surface area (Å²) >= 11 is 0. The van der Waals surface area contributed by atoms with Crippen LogP contribution in [0.1, 0.15) is 19.5 Å². The summed E-state index contributed by atoms with van der Waals surface area (Å²) in [6, 6.07) is 2.25. The van der Waals surface area contributed by atoms with Gasteiger partial charge in [0, 0.05) is 11.9 Å². The number of rotatable bonds is 1.